The standard InChI is InChI=1S/C17H33N3O2/c1-4-18-16(19-13-17(3)8-5-6-9-17)20-14(2)11-22-15-7-10-21-12-15/h14-15H,4-13H2,1-3H3,(H2,18,19,20). The van der Waals surface area contributed by atoms with E-state index in [0.717, 1.165) is 38.7 Å². The maximum atomic E-state index is 5.87. The Morgan fingerprint density at radius 3 is 2.82 bits per heavy atom. The first-order valence-corrected chi connectivity index (χ1v) is 8.85. The maximum absolute atomic E-state index is 5.87. The highest BCUT2D eigenvalue weighted by Crippen LogP contribution is 2.37. The molecule has 2 atom stereocenters. The summed E-state index contributed by atoms with van der Waals surface area (Å²) < 4.78 is 11.2. The number of ether oxygens (including phenoxy) is 2. The third kappa shape index (κ3) is 5.76. The van der Waals surface area contributed by atoms with Crippen molar-refractivity contribution in [3.05, 3.63) is 0 Å². The van der Waals surface area contributed by atoms with Crippen molar-refractivity contribution in [3.8, 4) is 0 Å². The first-order valence-electron chi connectivity index (χ1n) is 8.85. The van der Waals surface area contributed by atoms with Crippen LogP contribution < -0.4 is 10.6 Å². The molecule has 2 aliphatic rings. The third-order valence-electron chi connectivity index (χ3n) is 4.63. The van der Waals surface area contributed by atoms with Crippen LogP contribution >= 0.6 is 0 Å². The quantitative estimate of drug-likeness (QED) is 0.560. The third-order valence-corrected chi connectivity index (χ3v) is 4.63. The van der Waals surface area contributed by atoms with E-state index in [1.165, 1.54) is 25.7 Å². The van der Waals surface area contributed by atoms with Gasteiger partial charge in [-0.2, -0.15) is 0 Å². The molecule has 0 radical (unpaired) electrons. The number of nitrogens with one attached hydrogen (secondary N) is 2. The topological polar surface area (TPSA) is 54.9 Å². The van der Waals surface area contributed by atoms with Crippen molar-refractivity contribution in [1.29, 1.82) is 0 Å². The van der Waals surface area contributed by atoms with Crippen molar-refractivity contribution in [1.82, 2.24) is 10.6 Å². The van der Waals surface area contributed by atoms with Crippen LogP contribution in [0.15, 0.2) is 4.99 Å². The molecule has 2 rings (SSSR count). The van der Waals surface area contributed by atoms with Gasteiger partial charge in [-0.1, -0.05) is 19.8 Å². The summed E-state index contributed by atoms with van der Waals surface area (Å²) >= 11 is 0. The Bertz CT molecular complexity index is 348. The lowest BCUT2D eigenvalue weighted by Crippen LogP contribution is -2.45. The molecule has 0 aromatic rings. The Kier molecular flexibility index (Phi) is 6.96. The minimum absolute atomic E-state index is 0.245. The van der Waals surface area contributed by atoms with Gasteiger partial charge in [0, 0.05) is 25.7 Å². The van der Waals surface area contributed by atoms with Gasteiger partial charge in [-0.3, -0.25) is 4.99 Å². The average molecular weight is 311 g/mol. The normalized spacial score (nSPS) is 26.1. The molecule has 1 aliphatic heterocycles. The lowest BCUT2D eigenvalue weighted by molar-refractivity contribution is 0.0347. The van der Waals surface area contributed by atoms with Crippen LogP contribution in [0.1, 0.15) is 52.9 Å². The van der Waals surface area contributed by atoms with Gasteiger partial charge in [0.1, 0.15) is 0 Å². The van der Waals surface area contributed by atoms with Gasteiger partial charge in [-0.05, 0) is 38.5 Å². The van der Waals surface area contributed by atoms with E-state index in [1.807, 2.05) is 0 Å². The number of nitrogens with zero attached hydrogens (tertiary/aromatic N) is 1. The van der Waals surface area contributed by atoms with E-state index in [0.29, 0.717) is 12.0 Å². The largest absolute Gasteiger partial charge is 0.379 e. The molecule has 1 saturated heterocycles. The van der Waals surface area contributed by atoms with Crippen LogP contribution in [-0.4, -0.2) is 51.0 Å². The summed E-state index contributed by atoms with van der Waals surface area (Å²) in [6.45, 7) is 10.6. The van der Waals surface area contributed by atoms with Crippen molar-refractivity contribution in [2.24, 2.45) is 10.4 Å². The monoisotopic (exact) mass is 311 g/mol. The zero-order chi connectivity index (χ0) is 15.8. The van der Waals surface area contributed by atoms with Crippen molar-refractivity contribution < 1.29 is 9.47 Å². The fourth-order valence-corrected chi connectivity index (χ4v) is 3.18. The van der Waals surface area contributed by atoms with Crippen LogP contribution in [0.25, 0.3) is 0 Å². The molecule has 2 N–H and O–H groups in total. The van der Waals surface area contributed by atoms with Crippen LogP contribution in [0.5, 0.6) is 0 Å². The van der Waals surface area contributed by atoms with Crippen LogP contribution in [0.2, 0.25) is 0 Å². The van der Waals surface area contributed by atoms with Crippen LogP contribution in [0, 0.1) is 5.41 Å². The first-order chi connectivity index (χ1) is 10.6. The zero-order valence-corrected chi connectivity index (χ0v) is 14.5. The van der Waals surface area contributed by atoms with Crippen molar-refractivity contribution >= 4 is 5.96 Å². The van der Waals surface area contributed by atoms with E-state index < -0.39 is 0 Å². The van der Waals surface area contributed by atoms with Crippen molar-refractivity contribution in [3.63, 3.8) is 0 Å². The van der Waals surface area contributed by atoms with Crippen LogP contribution in [0.3, 0.4) is 0 Å². The lowest BCUT2D eigenvalue weighted by atomic mass is 9.89. The molecule has 2 fully saturated rings. The molecule has 0 bridgehead atoms. The highest BCUT2D eigenvalue weighted by Gasteiger charge is 2.28. The van der Waals surface area contributed by atoms with Gasteiger partial charge < -0.3 is 20.1 Å². The second-order valence-electron chi connectivity index (χ2n) is 7.08. The summed E-state index contributed by atoms with van der Waals surface area (Å²) in [5, 5.41) is 6.80. The smallest absolute Gasteiger partial charge is 0.191 e. The number of rotatable bonds is 7. The Morgan fingerprint density at radius 2 is 2.18 bits per heavy atom. The SMILES string of the molecule is CCNC(=NCC1(C)CCCC1)NC(C)COC1CCOC1. The molecule has 5 nitrogen and oxygen atoms in total. The molecule has 2 unspecified atom stereocenters. The fourth-order valence-electron chi connectivity index (χ4n) is 3.18. The number of hydrogen-bond donors (Lipinski definition) is 2. The van der Waals surface area contributed by atoms with Crippen molar-refractivity contribution in [2.75, 3.05) is 32.9 Å². The van der Waals surface area contributed by atoms with Crippen LogP contribution in [-0.2, 0) is 9.47 Å². The molecular weight excluding hydrogens is 278 g/mol. The zero-order valence-electron chi connectivity index (χ0n) is 14.5. The molecular formula is C17H33N3O2. The van der Waals surface area contributed by atoms with Crippen molar-refractivity contribution in [2.45, 2.75) is 65.0 Å². The Labute approximate surface area is 135 Å². The summed E-state index contributed by atoms with van der Waals surface area (Å²) in [5.41, 5.74) is 0.392. The van der Waals surface area contributed by atoms with E-state index in [-0.39, 0.29) is 12.1 Å². The summed E-state index contributed by atoms with van der Waals surface area (Å²) in [6.07, 6.45) is 6.58. The van der Waals surface area contributed by atoms with Gasteiger partial charge in [-0.15, -0.1) is 0 Å². The predicted octanol–water partition coefficient (Wildman–Crippen LogP) is 2.32. The maximum Gasteiger partial charge on any atom is 0.191 e. The molecule has 0 aromatic heterocycles. The van der Waals surface area contributed by atoms with E-state index in [4.69, 9.17) is 14.5 Å². The van der Waals surface area contributed by atoms with E-state index in [9.17, 15) is 0 Å². The van der Waals surface area contributed by atoms with Gasteiger partial charge in [0.15, 0.2) is 5.96 Å². The first kappa shape index (κ1) is 17.5. The Hall–Kier alpha value is -0.810. The second-order valence-corrected chi connectivity index (χ2v) is 7.08. The van der Waals surface area contributed by atoms with E-state index in [1.54, 1.807) is 0 Å². The number of guanidine groups is 1. The summed E-state index contributed by atoms with van der Waals surface area (Å²) in [6, 6.07) is 0.245. The second kappa shape index (κ2) is 8.73. The molecule has 5 heteroatoms. The highest BCUT2D eigenvalue weighted by molar-refractivity contribution is 5.80. The molecule has 128 valence electrons. The lowest BCUT2D eigenvalue weighted by Gasteiger charge is -2.23. The van der Waals surface area contributed by atoms with Gasteiger partial charge in [0.05, 0.1) is 19.3 Å². The molecule has 0 spiro atoms. The highest BCUT2D eigenvalue weighted by atomic mass is 16.5. The molecule has 22 heavy (non-hydrogen) atoms. The van der Waals surface area contributed by atoms with Gasteiger partial charge in [0.25, 0.3) is 0 Å². The fraction of sp³-hybridized carbons (Fsp3) is 0.941. The van der Waals surface area contributed by atoms with Gasteiger partial charge >= 0.3 is 0 Å². The van der Waals surface area contributed by atoms with Crippen LogP contribution in [0.4, 0.5) is 0 Å². The predicted molar refractivity (Wildman–Crippen MR) is 90.3 cm³/mol. The summed E-state index contributed by atoms with van der Waals surface area (Å²) in [5.74, 6) is 0.911. The number of hydrogen-bond acceptors (Lipinski definition) is 3. The molecule has 0 aromatic carbocycles. The Balaban J connectivity index is 1.76. The van der Waals surface area contributed by atoms with Gasteiger partial charge in [-0.25, -0.2) is 0 Å². The average Bonchev–Trinajstić information content (AvgIpc) is 3.15. The molecule has 1 aliphatic carbocycles. The van der Waals surface area contributed by atoms with E-state index in [2.05, 4.69) is 31.4 Å². The number of aliphatic imine (C=N–C) groups is 1. The Morgan fingerprint density at radius 1 is 1.41 bits per heavy atom. The summed E-state index contributed by atoms with van der Waals surface area (Å²) in [7, 11) is 0. The summed E-state index contributed by atoms with van der Waals surface area (Å²) in [4.78, 5) is 4.80. The molecule has 0 amide bonds. The molecule has 1 saturated carbocycles. The van der Waals surface area contributed by atoms with E-state index >= 15 is 0 Å². The van der Waals surface area contributed by atoms with Gasteiger partial charge in [0.2, 0.25) is 0 Å². The minimum Gasteiger partial charge on any atom is -0.379 e. The molecule has 1 heterocycles. The minimum atomic E-state index is 0.245.